The van der Waals surface area contributed by atoms with Gasteiger partial charge in [-0.25, -0.2) is 4.39 Å². The third-order valence-corrected chi connectivity index (χ3v) is 7.64. The number of halogens is 4. The maximum absolute atomic E-state index is 13.9. The predicted octanol–water partition coefficient (Wildman–Crippen LogP) is 4.62. The molecule has 1 saturated heterocycles. The first-order valence-corrected chi connectivity index (χ1v) is 13.8. The van der Waals surface area contributed by atoms with Crippen molar-refractivity contribution >= 4 is 16.6 Å². The molecule has 1 N–H and O–H groups in total. The van der Waals surface area contributed by atoms with Crippen LogP contribution < -0.4 is 4.90 Å². The van der Waals surface area contributed by atoms with Gasteiger partial charge < -0.3 is 19.3 Å². The van der Waals surface area contributed by atoms with Gasteiger partial charge in [-0.05, 0) is 69.4 Å². The Balaban J connectivity index is 1.76. The second-order valence-corrected chi connectivity index (χ2v) is 11.2. The van der Waals surface area contributed by atoms with Gasteiger partial charge in [-0.15, -0.1) is 5.10 Å². The second kappa shape index (κ2) is 11.3. The van der Waals surface area contributed by atoms with Crippen molar-refractivity contribution in [2.75, 3.05) is 38.4 Å². The topological polar surface area (TPSA) is 83.6 Å². The molecule has 0 aliphatic carbocycles. The summed E-state index contributed by atoms with van der Waals surface area (Å²) in [4.78, 5) is 3.94. The Hall–Kier alpha value is -2.87. The summed E-state index contributed by atoms with van der Waals surface area (Å²) in [6.45, 7) is 4.58. The molecule has 0 bridgehead atoms. The van der Waals surface area contributed by atoms with E-state index in [1.165, 1.54) is 24.5 Å². The van der Waals surface area contributed by atoms with Crippen molar-refractivity contribution in [1.82, 2.24) is 20.3 Å². The average molecular weight is 570 g/mol. The third kappa shape index (κ3) is 6.16. The van der Waals surface area contributed by atoms with Gasteiger partial charge in [-0.2, -0.15) is 23.5 Å². The normalized spacial score (nSPS) is 21.8. The minimum Gasteiger partial charge on any atom is -0.348 e. The van der Waals surface area contributed by atoms with Crippen LogP contribution in [0.3, 0.4) is 0 Å². The maximum atomic E-state index is 13.9. The molecular weight excluding hydrogens is 538 g/mol. The van der Waals surface area contributed by atoms with Crippen molar-refractivity contribution in [2.24, 2.45) is 0 Å². The van der Waals surface area contributed by atoms with Crippen LogP contribution in [0.25, 0.3) is 0 Å². The van der Waals surface area contributed by atoms with Crippen LogP contribution in [-0.2, 0) is 38.5 Å². The van der Waals surface area contributed by atoms with Crippen LogP contribution in [-0.4, -0.2) is 64.3 Å². The van der Waals surface area contributed by atoms with Crippen LogP contribution in [0.1, 0.15) is 42.3 Å². The highest BCUT2D eigenvalue weighted by Gasteiger charge is 2.48. The molecule has 0 saturated carbocycles. The molecule has 1 unspecified atom stereocenters. The van der Waals surface area contributed by atoms with E-state index in [2.05, 4.69) is 15.4 Å². The zero-order valence-electron chi connectivity index (χ0n) is 22.3. The smallest absolute Gasteiger partial charge is 0.348 e. The van der Waals surface area contributed by atoms with Crippen molar-refractivity contribution in [3.63, 3.8) is 0 Å². The number of aromatic nitrogens is 3. The van der Waals surface area contributed by atoms with Crippen LogP contribution in [0.4, 0.5) is 23.4 Å². The van der Waals surface area contributed by atoms with Gasteiger partial charge in [0.15, 0.2) is 12.1 Å². The number of alkyl halides is 3. The van der Waals surface area contributed by atoms with Gasteiger partial charge in [0.05, 0.1) is 18.3 Å². The van der Waals surface area contributed by atoms with Crippen molar-refractivity contribution in [3.8, 4) is 0 Å². The Kier molecular flexibility index (Phi) is 8.45. The van der Waals surface area contributed by atoms with Crippen molar-refractivity contribution in [3.05, 3.63) is 70.7 Å². The first-order valence-electron chi connectivity index (χ1n) is 12.2. The van der Waals surface area contributed by atoms with E-state index in [4.69, 9.17) is 9.47 Å². The van der Waals surface area contributed by atoms with Crippen LogP contribution in [0, 0.1) is 5.82 Å². The van der Waals surface area contributed by atoms with E-state index in [0.717, 1.165) is 12.1 Å². The molecule has 39 heavy (non-hydrogen) atoms. The number of morpholine rings is 1. The van der Waals surface area contributed by atoms with Gasteiger partial charge in [-0.3, -0.25) is 4.21 Å². The van der Waals surface area contributed by atoms with Gasteiger partial charge >= 0.3 is 6.18 Å². The second-order valence-electron chi connectivity index (χ2n) is 9.86. The highest BCUT2D eigenvalue weighted by Crippen LogP contribution is 2.42. The lowest BCUT2D eigenvalue weighted by atomic mass is 9.87. The highest BCUT2D eigenvalue weighted by atomic mass is 32.2. The maximum Gasteiger partial charge on any atom is 0.416 e. The van der Waals surface area contributed by atoms with Gasteiger partial charge in [-0.1, -0.05) is 12.1 Å². The van der Waals surface area contributed by atoms with Gasteiger partial charge in [0.1, 0.15) is 17.1 Å². The molecular formula is C26H31F4N5O3S. The number of nitrogens with zero attached hydrogens (tertiary/aromatic N) is 4. The van der Waals surface area contributed by atoms with Crippen molar-refractivity contribution in [1.29, 1.82) is 0 Å². The molecule has 13 heteroatoms. The van der Waals surface area contributed by atoms with Gasteiger partial charge in [0.25, 0.3) is 0 Å². The fraction of sp³-hybridized carbons (Fsp3) is 0.462. The number of nitrogens with one attached hydrogen (secondary N) is 1. The molecule has 4 atom stereocenters. The molecule has 4 rings (SSSR count). The van der Waals surface area contributed by atoms with E-state index >= 15 is 0 Å². The summed E-state index contributed by atoms with van der Waals surface area (Å²) in [6.07, 6.45) is -5.18. The van der Waals surface area contributed by atoms with Crippen LogP contribution in [0.15, 0.2) is 47.4 Å². The number of aromatic amines is 1. The lowest BCUT2D eigenvalue weighted by molar-refractivity contribution is -0.216. The molecule has 1 aromatic heterocycles. The predicted molar refractivity (Wildman–Crippen MR) is 138 cm³/mol. The largest absolute Gasteiger partial charge is 0.416 e. The zero-order valence-corrected chi connectivity index (χ0v) is 23.1. The number of anilines is 1. The Morgan fingerprint density at radius 1 is 1.23 bits per heavy atom. The number of hydrogen-bond donors (Lipinski definition) is 1. The minimum absolute atomic E-state index is 0.0404. The molecule has 3 aromatic rings. The lowest BCUT2D eigenvalue weighted by Gasteiger charge is -2.50. The quantitative estimate of drug-likeness (QED) is 0.397. The summed E-state index contributed by atoms with van der Waals surface area (Å²) < 4.78 is 79.3. The Labute approximate surface area is 226 Å². The Morgan fingerprint density at radius 3 is 2.54 bits per heavy atom. The average Bonchev–Trinajstić information content (AvgIpc) is 3.31. The molecule has 0 amide bonds. The lowest BCUT2D eigenvalue weighted by Crippen LogP contribution is -2.60. The first kappa shape index (κ1) is 29.1. The van der Waals surface area contributed by atoms with E-state index < -0.39 is 46.3 Å². The van der Waals surface area contributed by atoms with E-state index in [1.54, 1.807) is 19.1 Å². The monoisotopic (exact) mass is 569 g/mol. The molecule has 8 nitrogen and oxygen atoms in total. The first-order chi connectivity index (χ1) is 18.3. The number of H-pyrrole nitrogens is 1. The van der Waals surface area contributed by atoms with E-state index in [-0.39, 0.29) is 17.1 Å². The summed E-state index contributed by atoms with van der Waals surface area (Å²) in [5.74, 6) is 0.137. The summed E-state index contributed by atoms with van der Waals surface area (Å²) in [7, 11) is 2.16. The molecule has 2 aromatic carbocycles. The standard InChI is InChI=1S/C26H31F4N5O3S/c1-16(17-12-19(26(28,29)30)14-21(13-17)39(5)36)38-24-25(2,18-6-8-20(27)9-7-18)35(10-11-37-24)23-22(15-34(3)4)31-33-32-23/h6-9,12-14,16,24H,10-11,15H2,1-5H3,(H,31,32,33)/t16-,24-,25+,39?/m1/s1. The van der Waals surface area contributed by atoms with Gasteiger partial charge in [0, 0.05) is 35.0 Å². The van der Waals surface area contributed by atoms with Crippen LogP contribution >= 0.6 is 0 Å². The number of benzene rings is 2. The van der Waals surface area contributed by atoms with E-state index in [1.807, 2.05) is 30.8 Å². The molecule has 0 spiro atoms. The van der Waals surface area contributed by atoms with Crippen molar-refractivity contribution in [2.45, 2.75) is 49.4 Å². The third-order valence-electron chi connectivity index (χ3n) is 6.74. The Morgan fingerprint density at radius 2 is 1.92 bits per heavy atom. The summed E-state index contributed by atoms with van der Waals surface area (Å²) >= 11 is 0. The number of rotatable bonds is 8. The Bertz CT molecular complexity index is 1320. The van der Waals surface area contributed by atoms with Crippen LogP contribution in [0.2, 0.25) is 0 Å². The molecule has 1 aliphatic rings. The fourth-order valence-electron chi connectivity index (χ4n) is 4.67. The minimum atomic E-state index is -4.62. The van der Waals surface area contributed by atoms with E-state index in [9.17, 15) is 21.8 Å². The number of ether oxygens (including phenoxy) is 2. The molecule has 2 heterocycles. The highest BCUT2D eigenvalue weighted by molar-refractivity contribution is 7.84. The molecule has 212 valence electrons. The molecule has 1 fully saturated rings. The zero-order chi connectivity index (χ0) is 28.5. The summed E-state index contributed by atoms with van der Waals surface area (Å²) in [6, 6.07) is 9.20. The SMILES string of the molecule is C[C@@H](O[C@H]1OCCN(c2n[nH]nc2CN(C)C)[C@@]1(C)c1ccc(F)cc1)c1cc(S(C)=O)cc(C(F)(F)F)c1. The number of hydrogen-bond acceptors (Lipinski definition) is 7. The summed E-state index contributed by atoms with van der Waals surface area (Å²) in [5, 5.41) is 11.4. The van der Waals surface area contributed by atoms with Gasteiger partial charge in [0.2, 0.25) is 0 Å². The molecule has 0 radical (unpaired) electrons. The van der Waals surface area contributed by atoms with Crippen LogP contribution in [0.5, 0.6) is 0 Å². The fourth-order valence-corrected chi connectivity index (χ4v) is 5.26. The van der Waals surface area contributed by atoms with E-state index in [0.29, 0.717) is 30.2 Å². The van der Waals surface area contributed by atoms with Crippen molar-refractivity contribution < 1.29 is 31.2 Å². The molecule has 1 aliphatic heterocycles. The summed E-state index contributed by atoms with van der Waals surface area (Å²) in [5.41, 5.74) is -0.458.